The molecule has 3 aromatic carbocycles. The van der Waals surface area contributed by atoms with E-state index in [0.717, 1.165) is 46.3 Å². The van der Waals surface area contributed by atoms with Crippen molar-refractivity contribution in [3.8, 4) is 0 Å². The number of H-pyrrole nitrogens is 1. The number of rotatable bonds is 6. The first kappa shape index (κ1) is 26.2. The van der Waals surface area contributed by atoms with E-state index in [4.69, 9.17) is 0 Å². The molecule has 1 aromatic heterocycles. The lowest BCUT2D eigenvalue weighted by Crippen LogP contribution is -2.44. The van der Waals surface area contributed by atoms with Crippen LogP contribution in [0.2, 0.25) is 0 Å². The van der Waals surface area contributed by atoms with Crippen molar-refractivity contribution in [2.45, 2.75) is 50.6 Å². The molecule has 212 valence electrons. The summed E-state index contributed by atoms with van der Waals surface area (Å²) in [6.07, 6.45) is 7.92. The summed E-state index contributed by atoms with van der Waals surface area (Å²) < 4.78 is 13.9. The van der Waals surface area contributed by atoms with Gasteiger partial charge in [-0.05, 0) is 73.6 Å². The van der Waals surface area contributed by atoms with Gasteiger partial charge in [-0.2, -0.15) is 0 Å². The fraction of sp³-hybridized carbons (Fsp3) is 0.265. The lowest BCUT2D eigenvalue weighted by atomic mass is 9.89. The number of allylic oxidation sites excluding steroid dienone is 1. The number of carbonyl (C=O) groups excluding carboxylic acids is 3. The Morgan fingerprint density at radius 3 is 2.57 bits per heavy atom. The highest BCUT2D eigenvalue weighted by Crippen LogP contribution is 2.45. The number of para-hydroxylation sites is 2. The normalized spacial score (nSPS) is 20.0. The van der Waals surface area contributed by atoms with Gasteiger partial charge in [0.15, 0.2) is 0 Å². The van der Waals surface area contributed by atoms with Crippen molar-refractivity contribution in [1.82, 2.24) is 15.2 Å². The second kappa shape index (κ2) is 10.6. The number of aromatic nitrogens is 1. The van der Waals surface area contributed by atoms with Crippen LogP contribution in [-0.2, 0) is 11.2 Å². The highest BCUT2D eigenvalue weighted by molar-refractivity contribution is 6.24. The molecule has 1 saturated heterocycles. The molecule has 4 amide bonds. The van der Waals surface area contributed by atoms with E-state index in [-0.39, 0.29) is 28.9 Å². The summed E-state index contributed by atoms with van der Waals surface area (Å²) in [6, 6.07) is 18.8. The number of nitrogens with one attached hydrogen (secondary N) is 2. The van der Waals surface area contributed by atoms with Crippen molar-refractivity contribution in [3.63, 3.8) is 0 Å². The van der Waals surface area contributed by atoms with Gasteiger partial charge in [0, 0.05) is 29.6 Å². The average Bonchev–Trinajstić information content (AvgIpc) is 3.51. The Morgan fingerprint density at radius 1 is 0.976 bits per heavy atom. The first-order valence-electron chi connectivity index (χ1n) is 14.6. The fourth-order valence-electron chi connectivity index (χ4n) is 6.71. The lowest BCUT2D eigenvalue weighted by molar-refractivity contribution is -0.120. The molecule has 4 aromatic rings. The molecule has 0 radical (unpaired) electrons. The van der Waals surface area contributed by atoms with E-state index in [2.05, 4.69) is 16.4 Å². The van der Waals surface area contributed by atoms with Crippen molar-refractivity contribution < 1.29 is 18.8 Å². The zero-order valence-electron chi connectivity index (χ0n) is 23.1. The number of imide groups is 1. The number of anilines is 1. The Labute approximate surface area is 243 Å². The Hall–Kier alpha value is -4.72. The fourth-order valence-corrected chi connectivity index (χ4v) is 6.71. The van der Waals surface area contributed by atoms with Crippen LogP contribution in [-0.4, -0.2) is 40.3 Å². The predicted octanol–water partition coefficient (Wildman–Crippen LogP) is 6.41. The Bertz CT molecular complexity index is 1740. The molecule has 42 heavy (non-hydrogen) atoms. The van der Waals surface area contributed by atoms with Crippen LogP contribution in [0.4, 0.5) is 14.9 Å². The minimum atomic E-state index is -0.770. The molecule has 2 aliphatic heterocycles. The average molecular weight is 563 g/mol. The SMILES string of the molecule is O=C(NCCC1=CCCCC1)c1ccccc1N1C(=O)[C@@H]2Cc3c([nH]c4ccccc34)[C@H](c3ccc(F)cc3)N2C1=O. The Kier molecular flexibility index (Phi) is 6.61. The van der Waals surface area contributed by atoms with Gasteiger partial charge < -0.3 is 10.3 Å². The second-order valence-electron chi connectivity index (χ2n) is 11.2. The molecule has 3 aliphatic rings. The number of amides is 4. The molecule has 7 rings (SSSR count). The van der Waals surface area contributed by atoms with Crippen LogP contribution in [0.3, 0.4) is 0 Å². The maximum atomic E-state index is 14.2. The van der Waals surface area contributed by atoms with E-state index >= 15 is 0 Å². The summed E-state index contributed by atoms with van der Waals surface area (Å²) in [5.74, 6) is -1.08. The van der Waals surface area contributed by atoms with Gasteiger partial charge in [-0.1, -0.05) is 54.1 Å². The molecule has 0 bridgehead atoms. The first-order valence-corrected chi connectivity index (χ1v) is 14.6. The highest BCUT2D eigenvalue weighted by Gasteiger charge is 2.53. The quantitative estimate of drug-likeness (QED) is 0.210. The first-order chi connectivity index (χ1) is 20.5. The number of carbonyl (C=O) groups is 3. The molecule has 8 heteroatoms. The maximum absolute atomic E-state index is 14.2. The number of benzene rings is 3. The zero-order valence-corrected chi connectivity index (χ0v) is 23.1. The Balaban J connectivity index is 1.24. The van der Waals surface area contributed by atoms with Gasteiger partial charge in [-0.25, -0.2) is 14.1 Å². The number of urea groups is 1. The smallest absolute Gasteiger partial charge is 0.332 e. The number of hydrogen-bond donors (Lipinski definition) is 2. The van der Waals surface area contributed by atoms with Crippen molar-refractivity contribution in [2.75, 3.05) is 11.4 Å². The van der Waals surface area contributed by atoms with Crippen LogP contribution >= 0.6 is 0 Å². The molecule has 0 saturated carbocycles. The van der Waals surface area contributed by atoms with Gasteiger partial charge in [0.25, 0.3) is 11.8 Å². The molecule has 1 aliphatic carbocycles. The van der Waals surface area contributed by atoms with E-state index in [9.17, 15) is 18.8 Å². The van der Waals surface area contributed by atoms with Crippen molar-refractivity contribution in [3.05, 3.63) is 113 Å². The summed E-state index contributed by atoms with van der Waals surface area (Å²) >= 11 is 0. The third-order valence-corrected chi connectivity index (χ3v) is 8.74. The summed E-state index contributed by atoms with van der Waals surface area (Å²) in [7, 11) is 0. The van der Waals surface area contributed by atoms with Gasteiger partial charge in [0.05, 0.1) is 11.3 Å². The van der Waals surface area contributed by atoms with Gasteiger partial charge in [0.2, 0.25) is 0 Å². The molecular formula is C34H31FN4O3. The van der Waals surface area contributed by atoms with Crippen LogP contribution in [0.25, 0.3) is 10.9 Å². The minimum absolute atomic E-state index is 0.266. The topological polar surface area (TPSA) is 85.5 Å². The number of aromatic amines is 1. The van der Waals surface area contributed by atoms with E-state index < -0.39 is 18.1 Å². The summed E-state index contributed by atoms with van der Waals surface area (Å²) in [4.78, 5) is 47.9. The molecule has 1 fully saturated rings. The molecule has 3 heterocycles. The van der Waals surface area contributed by atoms with Crippen LogP contribution in [0.15, 0.2) is 84.4 Å². The number of nitrogens with zero attached hydrogens (tertiary/aromatic N) is 2. The molecule has 0 unspecified atom stereocenters. The lowest BCUT2D eigenvalue weighted by Gasteiger charge is -2.36. The summed E-state index contributed by atoms with van der Waals surface area (Å²) in [6.45, 7) is 0.490. The van der Waals surface area contributed by atoms with Gasteiger partial charge in [-0.3, -0.25) is 14.5 Å². The molecule has 2 N–H and O–H groups in total. The monoisotopic (exact) mass is 562 g/mol. The number of halogens is 1. The van der Waals surface area contributed by atoms with Crippen molar-refractivity contribution >= 4 is 34.4 Å². The molecule has 7 nitrogen and oxygen atoms in total. The molecular weight excluding hydrogens is 531 g/mol. The summed E-state index contributed by atoms with van der Waals surface area (Å²) in [5, 5.41) is 3.98. The number of fused-ring (bicyclic) bond motifs is 4. The van der Waals surface area contributed by atoms with Gasteiger partial charge >= 0.3 is 6.03 Å². The van der Waals surface area contributed by atoms with Crippen molar-refractivity contribution in [2.24, 2.45) is 0 Å². The highest BCUT2D eigenvalue weighted by atomic mass is 19.1. The van der Waals surface area contributed by atoms with Crippen molar-refractivity contribution in [1.29, 1.82) is 0 Å². The predicted molar refractivity (Wildman–Crippen MR) is 159 cm³/mol. The van der Waals surface area contributed by atoms with E-state index in [1.54, 1.807) is 41.3 Å². The van der Waals surface area contributed by atoms with Gasteiger partial charge in [-0.15, -0.1) is 0 Å². The largest absolute Gasteiger partial charge is 0.356 e. The van der Waals surface area contributed by atoms with Crippen LogP contribution in [0.1, 0.15) is 65.3 Å². The minimum Gasteiger partial charge on any atom is -0.356 e. The molecule has 0 spiro atoms. The maximum Gasteiger partial charge on any atom is 0.332 e. The van der Waals surface area contributed by atoms with Crippen LogP contribution < -0.4 is 10.2 Å². The second-order valence-corrected chi connectivity index (χ2v) is 11.2. The Morgan fingerprint density at radius 2 is 1.76 bits per heavy atom. The van der Waals surface area contributed by atoms with E-state index in [0.29, 0.717) is 18.5 Å². The van der Waals surface area contributed by atoms with Crippen LogP contribution in [0.5, 0.6) is 0 Å². The third kappa shape index (κ3) is 4.38. The summed E-state index contributed by atoms with van der Waals surface area (Å²) in [5.41, 5.74) is 5.29. The standard InChI is InChI=1S/C34H31FN4O3/c35-23-16-14-22(15-17-23)31-30-26(24-10-4-6-12-27(24)37-30)20-29-33(41)39(34(42)38(29)31)28-13-7-5-11-25(28)32(40)36-19-18-21-8-2-1-3-9-21/h4-8,10-17,29,31,37H,1-3,9,18-20H2,(H,36,40)/t29-,31-/m0/s1. The molecule has 2 atom stereocenters. The van der Waals surface area contributed by atoms with E-state index in [1.807, 2.05) is 24.3 Å². The third-order valence-electron chi connectivity index (χ3n) is 8.74. The van der Waals surface area contributed by atoms with Gasteiger partial charge in [0.1, 0.15) is 17.9 Å². The van der Waals surface area contributed by atoms with E-state index in [1.165, 1.54) is 30.5 Å². The number of hydrogen-bond acceptors (Lipinski definition) is 3. The van der Waals surface area contributed by atoms with Crippen LogP contribution in [0, 0.1) is 5.82 Å². The zero-order chi connectivity index (χ0) is 28.8.